The zero-order valence-corrected chi connectivity index (χ0v) is 20.5. The highest BCUT2D eigenvalue weighted by Gasteiger charge is 2.26. The van der Waals surface area contributed by atoms with Gasteiger partial charge in [0.05, 0.1) is 9.82 Å². The van der Waals surface area contributed by atoms with Gasteiger partial charge in [0.2, 0.25) is 10.0 Å². The molecule has 0 aliphatic carbocycles. The maximum Gasteiger partial charge on any atom is 0.293 e. The largest absolute Gasteiger partial charge is 0.365 e. The number of nitrogens with zero attached hydrogens (tertiary/aromatic N) is 4. The molecule has 0 bridgehead atoms. The van der Waals surface area contributed by atoms with Crippen LogP contribution < -0.4 is 9.62 Å². The van der Waals surface area contributed by atoms with Crippen LogP contribution in [0.2, 0.25) is 5.02 Å². The SMILES string of the molecule is CN(C)CCNS(=O)(=O)c1ccc(N2CCCN(Cc3ccc(Cl)cc3)CC2)c([N+](=O)[O-])c1. The molecule has 0 atom stereocenters. The van der Waals surface area contributed by atoms with Crippen LogP contribution in [0.3, 0.4) is 0 Å². The first-order valence-corrected chi connectivity index (χ1v) is 12.7. The highest BCUT2D eigenvalue weighted by molar-refractivity contribution is 7.89. The van der Waals surface area contributed by atoms with Gasteiger partial charge in [-0.05, 0) is 50.3 Å². The molecule has 33 heavy (non-hydrogen) atoms. The van der Waals surface area contributed by atoms with E-state index >= 15 is 0 Å². The van der Waals surface area contributed by atoms with E-state index in [2.05, 4.69) is 9.62 Å². The van der Waals surface area contributed by atoms with Crippen molar-refractivity contribution in [1.82, 2.24) is 14.5 Å². The summed E-state index contributed by atoms with van der Waals surface area (Å²) in [5.41, 5.74) is 1.41. The lowest BCUT2D eigenvalue weighted by molar-refractivity contribution is -0.384. The van der Waals surface area contributed by atoms with Crippen LogP contribution in [-0.2, 0) is 16.6 Å². The Morgan fingerprint density at radius 1 is 1.09 bits per heavy atom. The molecule has 1 heterocycles. The number of likely N-dealkylation sites (N-methyl/N-ethyl adjacent to an activating group) is 1. The molecule has 180 valence electrons. The van der Waals surface area contributed by atoms with Crippen molar-refractivity contribution in [3.05, 3.63) is 63.2 Å². The van der Waals surface area contributed by atoms with Gasteiger partial charge in [0.1, 0.15) is 5.69 Å². The monoisotopic (exact) mass is 495 g/mol. The second-order valence-electron chi connectivity index (χ2n) is 8.35. The Hall–Kier alpha value is -2.24. The lowest BCUT2D eigenvalue weighted by atomic mass is 10.2. The molecule has 0 unspecified atom stereocenters. The maximum atomic E-state index is 12.6. The van der Waals surface area contributed by atoms with Crippen molar-refractivity contribution in [3.8, 4) is 0 Å². The summed E-state index contributed by atoms with van der Waals surface area (Å²) in [7, 11) is -0.152. The Bertz CT molecular complexity index is 1060. The molecule has 1 aliphatic rings. The van der Waals surface area contributed by atoms with Crippen molar-refractivity contribution in [1.29, 1.82) is 0 Å². The first-order valence-electron chi connectivity index (χ1n) is 10.8. The van der Waals surface area contributed by atoms with E-state index in [1.165, 1.54) is 6.07 Å². The van der Waals surface area contributed by atoms with Gasteiger partial charge >= 0.3 is 0 Å². The molecular formula is C22H30ClN5O4S. The fraction of sp³-hybridized carbons (Fsp3) is 0.455. The molecular weight excluding hydrogens is 466 g/mol. The summed E-state index contributed by atoms with van der Waals surface area (Å²) in [5.74, 6) is 0. The molecule has 1 N–H and O–H groups in total. The molecule has 2 aromatic rings. The number of sulfonamides is 1. The van der Waals surface area contributed by atoms with Crippen LogP contribution in [0.1, 0.15) is 12.0 Å². The molecule has 0 saturated carbocycles. The number of hydrogen-bond acceptors (Lipinski definition) is 7. The van der Waals surface area contributed by atoms with E-state index in [-0.39, 0.29) is 17.1 Å². The molecule has 0 spiro atoms. The first kappa shape index (κ1) is 25.4. The number of hydrogen-bond donors (Lipinski definition) is 1. The van der Waals surface area contributed by atoms with E-state index in [1.54, 1.807) is 6.07 Å². The molecule has 1 aliphatic heterocycles. The topological polar surface area (TPSA) is 99.0 Å². The summed E-state index contributed by atoms with van der Waals surface area (Å²) in [6, 6.07) is 11.9. The number of halogens is 1. The van der Waals surface area contributed by atoms with Crippen LogP contribution in [0.15, 0.2) is 47.4 Å². The summed E-state index contributed by atoms with van der Waals surface area (Å²) in [6.07, 6.45) is 0.844. The molecule has 3 rings (SSSR count). The second-order valence-corrected chi connectivity index (χ2v) is 10.6. The molecule has 1 saturated heterocycles. The lowest BCUT2D eigenvalue weighted by Gasteiger charge is -2.24. The van der Waals surface area contributed by atoms with E-state index in [4.69, 9.17) is 11.6 Å². The third-order valence-corrected chi connectivity index (χ3v) is 7.26. The standard InChI is InChI=1S/C22H30ClN5O4S/c1-25(2)13-10-24-33(31,32)20-8-9-21(22(16-20)28(29)30)27-12-3-11-26(14-15-27)17-18-4-6-19(23)7-5-18/h4-9,16,24H,3,10-15,17H2,1-2H3. The fourth-order valence-corrected chi connectivity index (χ4v) is 4.96. The van der Waals surface area contributed by atoms with E-state index in [1.807, 2.05) is 48.2 Å². The van der Waals surface area contributed by atoms with Crippen molar-refractivity contribution in [2.24, 2.45) is 0 Å². The summed E-state index contributed by atoms with van der Waals surface area (Å²) in [5, 5.41) is 12.5. The predicted molar refractivity (Wildman–Crippen MR) is 130 cm³/mol. The van der Waals surface area contributed by atoms with Crippen LogP contribution in [0, 0.1) is 10.1 Å². The smallest absolute Gasteiger partial charge is 0.293 e. The minimum Gasteiger partial charge on any atom is -0.365 e. The van der Waals surface area contributed by atoms with Crippen molar-refractivity contribution in [2.75, 3.05) is 58.3 Å². The molecule has 2 aromatic carbocycles. The van der Waals surface area contributed by atoms with Gasteiger partial charge in [0, 0.05) is 56.9 Å². The third kappa shape index (κ3) is 7.12. The number of nitro groups is 1. The van der Waals surface area contributed by atoms with Gasteiger partial charge in [-0.2, -0.15) is 0 Å². The van der Waals surface area contributed by atoms with Crippen LogP contribution in [0.25, 0.3) is 0 Å². The number of anilines is 1. The van der Waals surface area contributed by atoms with E-state index < -0.39 is 14.9 Å². The Balaban J connectivity index is 1.72. The van der Waals surface area contributed by atoms with Crippen molar-refractivity contribution in [2.45, 2.75) is 17.9 Å². The van der Waals surface area contributed by atoms with Crippen LogP contribution in [0.4, 0.5) is 11.4 Å². The molecule has 0 radical (unpaired) electrons. The highest BCUT2D eigenvalue weighted by Crippen LogP contribution is 2.31. The van der Waals surface area contributed by atoms with Gasteiger partial charge in [-0.15, -0.1) is 0 Å². The number of nitro benzene ring substituents is 1. The Labute approximate surface area is 200 Å². The van der Waals surface area contributed by atoms with Gasteiger partial charge in [-0.25, -0.2) is 13.1 Å². The summed E-state index contributed by atoms with van der Waals surface area (Å²) < 4.78 is 27.7. The minimum atomic E-state index is -3.83. The molecule has 9 nitrogen and oxygen atoms in total. The summed E-state index contributed by atoms with van der Waals surface area (Å²) in [4.78, 5) is 17.3. The van der Waals surface area contributed by atoms with Gasteiger partial charge in [-0.1, -0.05) is 23.7 Å². The van der Waals surface area contributed by atoms with Crippen molar-refractivity contribution >= 4 is 33.0 Å². The van der Waals surface area contributed by atoms with Crippen molar-refractivity contribution in [3.63, 3.8) is 0 Å². The fourth-order valence-electron chi connectivity index (χ4n) is 3.79. The van der Waals surface area contributed by atoms with Gasteiger partial charge in [0.15, 0.2) is 0 Å². The van der Waals surface area contributed by atoms with Crippen LogP contribution in [0.5, 0.6) is 0 Å². The van der Waals surface area contributed by atoms with Gasteiger partial charge < -0.3 is 9.80 Å². The summed E-state index contributed by atoms with van der Waals surface area (Å²) >= 11 is 5.97. The highest BCUT2D eigenvalue weighted by atomic mass is 35.5. The van der Waals surface area contributed by atoms with Gasteiger partial charge in [0.25, 0.3) is 5.69 Å². The average Bonchev–Trinajstić information content (AvgIpc) is 3.00. The summed E-state index contributed by atoms with van der Waals surface area (Å²) in [6.45, 7) is 4.41. The third-order valence-electron chi connectivity index (χ3n) is 5.55. The number of rotatable bonds is 9. The second kappa shape index (κ2) is 11.3. The average molecular weight is 496 g/mol. The van der Waals surface area contributed by atoms with E-state index in [0.29, 0.717) is 30.3 Å². The molecule has 0 amide bonds. The maximum absolute atomic E-state index is 12.6. The zero-order valence-electron chi connectivity index (χ0n) is 18.9. The van der Waals surface area contributed by atoms with Crippen molar-refractivity contribution < 1.29 is 13.3 Å². The predicted octanol–water partition coefficient (Wildman–Crippen LogP) is 2.80. The molecule has 11 heteroatoms. The molecule has 1 fully saturated rings. The zero-order chi connectivity index (χ0) is 24.0. The van der Waals surface area contributed by atoms with E-state index in [9.17, 15) is 18.5 Å². The lowest BCUT2D eigenvalue weighted by Crippen LogP contribution is -2.32. The first-order chi connectivity index (χ1) is 15.7. The van der Waals surface area contributed by atoms with E-state index in [0.717, 1.165) is 37.7 Å². The Morgan fingerprint density at radius 2 is 1.82 bits per heavy atom. The number of benzene rings is 2. The Kier molecular flexibility index (Phi) is 8.66. The normalized spacial score (nSPS) is 15.6. The Morgan fingerprint density at radius 3 is 2.48 bits per heavy atom. The van der Waals surface area contributed by atoms with Crippen LogP contribution in [-0.4, -0.2) is 76.5 Å². The number of nitrogens with one attached hydrogen (secondary N) is 1. The molecule has 0 aromatic heterocycles. The minimum absolute atomic E-state index is 0.101. The quantitative estimate of drug-likeness (QED) is 0.422. The van der Waals surface area contributed by atoms with Crippen LogP contribution >= 0.6 is 11.6 Å². The van der Waals surface area contributed by atoms with Gasteiger partial charge in [-0.3, -0.25) is 15.0 Å².